The molecule has 0 aromatic carbocycles. The normalized spacial score (nSPS) is 10.2. The average molecular weight is 244 g/mol. The first-order chi connectivity index (χ1) is 6.19. The molecule has 0 aliphatic heterocycles. The summed E-state index contributed by atoms with van der Waals surface area (Å²) in [5.41, 5.74) is 0.983. The second kappa shape index (κ2) is 4.56. The topological polar surface area (TPSA) is 29.0 Å². The highest BCUT2D eigenvalue weighted by Crippen LogP contribution is 2.15. The van der Waals surface area contributed by atoms with Crippen LogP contribution in [0.5, 0.6) is 0 Å². The van der Waals surface area contributed by atoms with E-state index in [1.165, 1.54) is 0 Å². The second-order valence-corrected chi connectivity index (χ2v) is 3.63. The van der Waals surface area contributed by atoms with Gasteiger partial charge in [0, 0.05) is 19.3 Å². The van der Waals surface area contributed by atoms with Crippen LogP contribution in [0, 0.1) is 6.92 Å². The molecule has 0 aliphatic rings. The summed E-state index contributed by atoms with van der Waals surface area (Å²) in [6, 6.07) is 0. The van der Waals surface area contributed by atoms with Gasteiger partial charge in [0.15, 0.2) is 0 Å². The summed E-state index contributed by atoms with van der Waals surface area (Å²) < 4.78 is 0.961. The van der Waals surface area contributed by atoms with Gasteiger partial charge in [-0.1, -0.05) is 0 Å². The lowest BCUT2D eigenvalue weighted by molar-refractivity contribution is 0.814. The van der Waals surface area contributed by atoms with E-state index < -0.39 is 0 Å². The number of hydrogen-bond donors (Lipinski definition) is 0. The van der Waals surface area contributed by atoms with Gasteiger partial charge < -0.3 is 4.90 Å². The Labute approximate surface area is 87.3 Å². The summed E-state index contributed by atoms with van der Waals surface area (Å²) in [4.78, 5) is 10.8. The third kappa shape index (κ3) is 2.40. The predicted molar refractivity (Wildman–Crippen MR) is 58.0 cm³/mol. The fourth-order valence-electron chi connectivity index (χ4n) is 1.10. The first-order valence-corrected chi connectivity index (χ1v) is 5.22. The van der Waals surface area contributed by atoms with E-state index in [0.717, 1.165) is 29.2 Å². The van der Waals surface area contributed by atoms with E-state index in [1.807, 2.05) is 6.92 Å². The SMILES string of the molecule is CCN(CC)c1ncc(Br)c(C)n1. The van der Waals surface area contributed by atoms with E-state index in [9.17, 15) is 0 Å². The largest absolute Gasteiger partial charge is 0.341 e. The van der Waals surface area contributed by atoms with Crippen molar-refractivity contribution in [3.63, 3.8) is 0 Å². The maximum Gasteiger partial charge on any atom is 0.225 e. The third-order valence-electron chi connectivity index (χ3n) is 1.95. The fraction of sp³-hybridized carbons (Fsp3) is 0.556. The van der Waals surface area contributed by atoms with E-state index in [2.05, 4.69) is 44.6 Å². The molecule has 1 aromatic rings. The van der Waals surface area contributed by atoms with Gasteiger partial charge in [0.05, 0.1) is 10.2 Å². The third-order valence-corrected chi connectivity index (χ3v) is 2.73. The molecule has 0 amide bonds. The molecule has 0 N–H and O–H groups in total. The van der Waals surface area contributed by atoms with Crippen molar-refractivity contribution < 1.29 is 0 Å². The first kappa shape index (κ1) is 10.4. The maximum atomic E-state index is 4.38. The van der Waals surface area contributed by atoms with Crippen molar-refractivity contribution in [1.29, 1.82) is 0 Å². The highest BCUT2D eigenvalue weighted by molar-refractivity contribution is 9.10. The van der Waals surface area contributed by atoms with Crippen molar-refractivity contribution in [2.24, 2.45) is 0 Å². The van der Waals surface area contributed by atoms with Crippen LogP contribution in [0.2, 0.25) is 0 Å². The molecule has 4 heteroatoms. The van der Waals surface area contributed by atoms with Gasteiger partial charge in [0.25, 0.3) is 0 Å². The average Bonchev–Trinajstić information content (AvgIpc) is 2.13. The second-order valence-electron chi connectivity index (χ2n) is 2.78. The van der Waals surface area contributed by atoms with Crippen LogP contribution in [0.3, 0.4) is 0 Å². The summed E-state index contributed by atoms with van der Waals surface area (Å²) in [6.07, 6.45) is 1.80. The molecule has 0 bridgehead atoms. The van der Waals surface area contributed by atoms with E-state index in [-0.39, 0.29) is 0 Å². The van der Waals surface area contributed by atoms with Crippen LogP contribution in [0.4, 0.5) is 5.95 Å². The molecular formula is C9H14BrN3. The number of halogens is 1. The predicted octanol–water partition coefficient (Wildman–Crippen LogP) is 2.39. The Morgan fingerprint density at radius 3 is 2.46 bits per heavy atom. The Hall–Kier alpha value is -0.640. The van der Waals surface area contributed by atoms with Gasteiger partial charge in [0.2, 0.25) is 5.95 Å². The lowest BCUT2D eigenvalue weighted by atomic mass is 10.4. The Bertz CT molecular complexity index is 284. The summed E-state index contributed by atoms with van der Waals surface area (Å²) in [6.45, 7) is 8.06. The number of nitrogens with zero attached hydrogens (tertiary/aromatic N) is 3. The van der Waals surface area contributed by atoms with Gasteiger partial charge in [-0.3, -0.25) is 0 Å². The van der Waals surface area contributed by atoms with Gasteiger partial charge in [0.1, 0.15) is 0 Å². The zero-order valence-electron chi connectivity index (χ0n) is 8.21. The first-order valence-electron chi connectivity index (χ1n) is 4.43. The Morgan fingerprint density at radius 1 is 1.38 bits per heavy atom. The van der Waals surface area contributed by atoms with Crippen LogP contribution in [-0.4, -0.2) is 23.1 Å². The van der Waals surface area contributed by atoms with E-state index >= 15 is 0 Å². The molecule has 0 atom stereocenters. The molecular weight excluding hydrogens is 230 g/mol. The van der Waals surface area contributed by atoms with Crippen LogP contribution in [0.15, 0.2) is 10.7 Å². The molecule has 0 saturated carbocycles. The van der Waals surface area contributed by atoms with Gasteiger partial charge in [-0.25, -0.2) is 9.97 Å². The number of aryl methyl sites for hydroxylation is 1. The Balaban J connectivity index is 2.95. The smallest absolute Gasteiger partial charge is 0.225 e. The van der Waals surface area contributed by atoms with Crippen LogP contribution in [-0.2, 0) is 0 Å². The van der Waals surface area contributed by atoms with E-state index in [0.29, 0.717) is 0 Å². The maximum absolute atomic E-state index is 4.38. The van der Waals surface area contributed by atoms with Gasteiger partial charge in [-0.05, 0) is 36.7 Å². The molecule has 0 radical (unpaired) electrons. The molecule has 0 aliphatic carbocycles. The van der Waals surface area contributed by atoms with Crippen LogP contribution < -0.4 is 4.90 Å². The van der Waals surface area contributed by atoms with Crippen LogP contribution >= 0.6 is 15.9 Å². The fourth-order valence-corrected chi connectivity index (χ4v) is 1.29. The Morgan fingerprint density at radius 2 is 2.00 bits per heavy atom. The number of anilines is 1. The summed E-state index contributed by atoms with van der Waals surface area (Å²) >= 11 is 3.38. The molecule has 0 saturated heterocycles. The van der Waals surface area contributed by atoms with E-state index in [4.69, 9.17) is 0 Å². The van der Waals surface area contributed by atoms with Gasteiger partial charge in [-0.15, -0.1) is 0 Å². The minimum Gasteiger partial charge on any atom is -0.341 e. The summed E-state index contributed by atoms with van der Waals surface area (Å²) in [5, 5.41) is 0. The molecule has 0 unspecified atom stereocenters. The van der Waals surface area contributed by atoms with Crippen molar-refractivity contribution in [3.05, 3.63) is 16.4 Å². The number of hydrogen-bond acceptors (Lipinski definition) is 3. The lowest BCUT2D eigenvalue weighted by Crippen LogP contribution is -2.24. The van der Waals surface area contributed by atoms with Crippen LogP contribution in [0.1, 0.15) is 19.5 Å². The molecule has 3 nitrogen and oxygen atoms in total. The quantitative estimate of drug-likeness (QED) is 0.817. The molecule has 72 valence electrons. The molecule has 1 rings (SSSR count). The molecule has 0 spiro atoms. The molecule has 1 heterocycles. The van der Waals surface area contributed by atoms with Crippen molar-refractivity contribution in [3.8, 4) is 0 Å². The molecule has 1 aromatic heterocycles. The van der Waals surface area contributed by atoms with Crippen LogP contribution in [0.25, 0.3) is 0 Å². The summed E-state index contributed by atoms with van der Waals surface area (Å²) in [7, 11) is 0. The van der Waals surface area contributed by atoms with Crippen molar-refractivity contribution in [2.75, 3.05) is 18.0 Å². The Kier molecular flexibility index (Phi) is 3.66. The monoisotopic (exact) mass is 243 g/mol. The van der Waals surface area contributed by atoms with Crippen molar-refractivity contribution in [2.45, 2.75) is 20.8 Å². The van der Waals surface area contributed by atoms with E-state index in [1.54, 1.807) is 6.20 Å². The molecule has 13 heavy (non-hydrogen) atoms. The zero-order chi connectivity index (χ0) is 9.84. The highest BCUT2D eigenvalue weighted by atomic mass is 79.9. The number of rotatable bonds is 3. The number of aromatic nitrogens is 2. The van der Waals surface area contributed by atoms with Crippen molar-refractivity contribution >= 4 is 21.9 Å². The standard InChI is InChI=1S/C9H14BrN3/c1-4-13(5-2)9-11-6-8(10)7(3)12-9/h6H,4-5H2,1-3H3. The van der Waals surface area contributed by atoms with Crippen molar-refractivity contribution in [1.82, 2.24) is 9.97 Å². The highest BCUT2D eigenvalue weighted by Gasteiger charge is 2.05. The van der Waals surface area contributed by atoms with Gasteiger partial charge in [-0.2, -0.15) is 0 Å². The molecule has 0 fully saturated rings. The zero-order valence-corrected chi connectivity index (χ0v) is 9.80. The minimum atomic E-state index is 0.811. The minimum absolute atomic E-state index is 0.811. The van der Waals surface area contributed by atoms with Gasteiger partial charge >= 0.3 is 0 Å². The summed E-state index contributed by atoms with van der Waals surface area (Å²) in [5.74, 6) is 0.811. The lowest BCUT2D eigenvalue weighted by Gasteiger charge is -2.18.